The normalized spacial score (nSPS) is 14.6. The van der Waals surface area contributed by atoms with Gasteiger partial charge in [0, 0.05) is 5.69 Å². The summed E-state index contributed by atoms with van der Waals surface area (Å²) in [5, 5.41) is 2.36. The molecule has 1 heterocycles. The van der Waals surface area contributed by atoms with Gasteiger partial charge in [-0.15, -0.1) is 0 Å². The molecule has 0 aromatic heterocycles. The Morgan fingerprint density at radius 2 is 1.82 bits per heavy atom. The van der Waals surface area contributed by atoms with E-state index in [1.165, 1.54) is 0 Å². The minimum atomic E-state index is -0.497. The lowest BCUT2D eigenvalue weighted by Crippen LogP contribution is -2.36. The van der Waals surface area contributed by atoms with Crippen LogP contribution in [0.3, 0.4) is 0 Å². The minimum Gasteiger partial charge on any atom is -0.493 e. The van der Waals surface area contributed by atoms with Crippen LogP contribution < -0.4 is 14.8 Å². The summed E-state index contributed by atoms with van der Waals surface area (Å²) >= 11 is 2.97. The van der Waals surface area contributed by atoms with Crippen LogP contribution in [-0.4, -0.2) is 42.2 Å². The smallest absolute Gasteiger partial charge is 0.294 e. The Morgan fingerprint density at radius 3 is 2.44 bits per heavy atom. The SMILES string of the molecule is CCCOc1c(I)cc(/C=C2\SC(=O)N(CC(=O)Nc3c(C)cc(C)cc3C)C2=O)cc1OC. The van der Waals surface area contributed by atoms with Gasteiger partial charge in [0.15, 0.2) is 11.5 Å². The molecule has 0 aliphatic carbocycles. The second-order valence-corrected chi connectivity index (χ2v) is 10.1. The van der Waals surface area contributed by atoms with Crippen LogP contribution in [0.15, 0.2) is 29.2 Å². The molecule has 0 spiro atoms. The third kappa shape index (κ3) is 5.93. The summed E-state index contributed by atoms with van der Waals surface area (Å²) in [6.07, 6.45) is 2.50. The Kier molecular flexibility index (Phi) is 8.64. The molecule has 1 saturated heterocycles. The summed E-state index contributed by atoms with van der Waals surface area (Å²) in [5.74, 6) is 0.276. The third-order valence-electron chi connectivity index (χ3n) is 5.12. The molecule has 7 nitrogen and oxygen atoms in total. The Hall–Kier alpha value is -2.53. The molecule has 1 aliphatic heterocycles. The number of ether oxygens (including phenoxy) is 2. The molecule has 34 heavy (non-hydrogen) atoms. The fourth-order valence-corrected chi connectivity index (χ4v) is 5.27. The number of rotatable bonds is 8. The highest BCUT2D eigenvalue weighted by atomic mass is 127. The van der Waals surface area contributed by atoms with Gasteiger partial charge in [-0.25, -0.2) is 0 Å². The van der Waals surface area contributed by atoms with Crippen molar-refractivity contribution in [1.82, 2.24) is 4.90 Å². The highest BCUT2D eigenvalue weighted by Gasteiger charge is 2.36. The van der Waals surface area contributed by atoms with Gasteiger partial charge in [-0.05, 0) is 96.4 Å². The molecule has 0 atom stereocenters. The summed E-state index contributed by atoms with van der Waals surface area (Å²) in [7, 11) is 1.55. The van der Waals surface area contributed by atoms with E-state index in [2.05, 4.69) is 27.9 Å². The number of benzene rings is 2. The number of carbonyl (C=O) groups excluding carboxylic acids is 3. The third-order valence-corrected chi connectivity index (χ3v) is 6.83. The van der Waals surface area contributed by atoms with Crippen LogP contribution in [0.4, 0.5) is 10.5 Å². The van der Waals surface area contributed by atoms with Gasteiger partial charge < -0.3 is 14.8 Å². The quantitative estimate of drug-likeness (QED) is 0.313. The number of imide groups is 1. The van der Waals surface area contributed by atoms with Crippen LogP contribution in [0.5, 0.6) is 11.5 Å². The van der Waals surface area contributed by atoms with Crippen LogP contribution >= 0.6 is 34.4 Å². The van der Waals surface area contributed by atoms with Crippen molar-refractivity contribution >= 4 is 63.2 Å². The molecule has 180 valence electrons. The molecule has 1 fully saturated rings. The summed E-state index contributed by atoms with van der Waals surface area (Å²) in [6.45, 7) is 8.04. The van der Waals surface area contributed by atoms with Crippen molar-refractivity contribution in [3.8, 4) is 11.5 Å². The molecule has 0 bridgehead atoms. The molecule has 9 heteroatoms. The number of aryl methyl sites for hydroxylation is 3. The van der Waals surface area contributed by atoms with Gasteiger partial charge in [-0.1, -0.05) is 24.6 Å². The van der Waals surface area contributed by atoms with Crippen molar-refractivity contribution in [2.24, 2.45) is 0 Å². The van der Waals surface area contributed by atoms with Crippen LogP contribution in [0.1, 0.15) is 35.6 Å². The number of halogens is 1. The maximum Gasteiger partial charge on any atom is 0.294 e. The Morgan fingerprint density at radius 1 is 1.15 bits per heavy atom. The largest absolute Gasteiger partial charge is 0.493 e. The van der Waals surface area contributed by atoms with E-state index >= 15 is 0 Å². The number of hydrogen-bond acceptors (Lipinski definition) is 6. The summed E-state index contributed by atoms with van der Waals surface area (Å²) in [5.41, 5.74) is 4.35. The zero-order valence-corrected chi connectivity index (χ0v) is 22.8. The molecule has 3 amide bonds. The van der Waals surface area contributed by atoms with Crippen LogP contribution in [0.25, 0.3) is 6.08 Å². The zero-order chi connectivity index (χ0) is 25.0. The van der Waals surface area contributed by atoms with E-state index in [4.69, 9.17) is 9.47 Å². The number of anilines is 1. The van der Waals surface area contributed by atoms with Crippen molar-refractivity contribution in [2.45, 2.75) is 34.1 Å². The number of nitrogens with one attached hydrogen (secondary N) is 1. The van der Waals surface area contributed by atoms with Gasteiger partial charge in [0.2, 0.25) is 5.91 Å². The molecule has 2 aromatic carbocycles. The zero-order valence-electron chi connectivity index (χ0n) is 19.8. The summed E-state index contributed by atoms with van der Waals surface area (Å²) < 4.78 is 12.1. The first-order valence-electron chi connectivity index (χ1n) is 10.8. The molecule has 0 radical (unpaired) electrons. The molecule has 1 aliphatic rings. The van der Waals surface area contributed by atoms with Crippen molar-refractivity contribution < 1.29 is 23.9 Å². The van der Waals surface area contributed by atoms with E-state index in [0.717, 1.165) is 43.3 Å². The van der Waals surface area contributed by atoms with E-state index in [-0.39, 0.29) is 11.4 Å². The lowest BCUT2D eigenvalue weighted by molar-refractivity contribution is -0.127. The number of amides is 3. The molecule has 3 rings (SSSR count). The second kappa shape index (κ2) is 11.3. The predicted molar refractivity (Wildman–Crippen MR) is 143 cm³/mol. The summed E-state index contributed by atoms with van der Waals surface area (Å²) in [6, 6.07) is 7.56. The average molecular weight is 594 g/mol. The van der Waals surface area contributed by atoms with E-state index in [0.29, 0.717) is 29.4 Å². The monoisotopic (exact) mass is 594 g/mol. The van der Waals surface area contributed by atoms with Gasteiger partial charge in [0.05, 0.1) is 22.2 Å². The predicted octanol–water partition coefficient (Wildman–Crippen LogP) is 5.69. The lowest BCUT2D eigenvalue weighted by atomic mass is 10.1. The molecule has 2 aromatic rings. The van der Waals surface area contributed by atoms with Gasteiger partial charge in [-0.3, -0.25) is 19.3 Å². The molecular weight excluding hydrogens is 567 g/mol. The minimum absolute atomic E-state index is 0.251. The first-order valence-corrected chi connectivity index (χ1v) is 12.7. The number of hydrogen-bond donors (Lipinski definition) is 1. The lowest BCUT2D eigenvalue weighted by Gasteiger charge is -2.16. The van der Waals surface area contributed by atoms with Gasteiger partial charge in [0.1, 0.15) is 6.54 Å². The van der Waals surface area contributed by atoms with E-state index in [1.54, 1.807) is 19.3 Å². The number of methoxy groups -OCH3 is 1. The number of carbonyl (C=O) groups is 3. The maximum absolute atomic E-state index is 12.9. The maximum atomic E-state index is 12.9. The van der Waals surface area contributed by atoms with E-state index < -0.39 is 17.1 Å². The average Bonchev–Trinajstić information content (AvgIpc) is 3.02. The highest BCUT2D eigenvalue weighted by Crippen LogP contribution is 2.37. The van der Waals surface area contributed by atoms with Gasteiger partial charge in [0.25, 0.3) is 11.1 Å². The van der Waals surface area contributed by atoms with Gasteiger partial charge in [-0.2, -0.15) is 0 Å². The first-order chi connectivity index (χ1) is 16.1. The molecule has 0 unspecified atom stereocenters. The number of thioether (sulfide) groups is 1. The Balaban J connectivity index is 1.77. The highest BCUT2D eigenvalue weighted by molar-refractivity contribution is 14.1. The Labute approximate surface area is 217 Å². The molecule has 1 N–H and O–H groups in total. The van der Waals surface area contributed by atoms with E-state index in [9.17, 15) is 14.4 Å². The fourth-order valence-electron chi connectivity index (χ4n) is 3.65. The van der Waals surface area contributed by atoms with Crippen molar-refractivity contribution in [3.63, 3.8) is 0 Å². The van der Waals surface area contributed by atoms with Crippen LogP contribution in [-0.2, 0) is 9.59 Å². The Bertz CT molecular complexity index is 1160. The van der Waals surface area contributed by atoms with Crippen molar-refractivity contribution in [2.75, 3.05) is 25.6 Å². The first kappa shape index (κ1) is 26.1. The van der Waals surface area contributed by atoms with Gasteiger partial charge >= 0.3 is 0 Å². The topological polar surface area (TPSA) is 84.9 Å². The van der Waals surface area contributed by atoms with Crippen molar-refractivity contribution in [3.05, 3.63) is 55.0 Å². The van der Waals surface area contributed by atoms with Crippen molar-refractivity contribution in [1.29, 1.82) is 0 Å². The summed E-state index contributed by atoms with van der Waals surface area (Å²) in [4.78, 5) is 39.3. The standard InChI is InChI=1S/C25H27IN2O5S/c1-6-7-33-23-18(26)10-17(11-19(23)32-5)12-20-24(30)28(25(31)34-20)13-21(29)27-22-15(3)8-14(2)9-16(22)4/h8-12H,6-7,13H2,1-5H3,(H,27,29)/b20-12-. The molecule has 0 saturated carbocycles. The molecular formula is C25H27IN2O5S. The van der Waals surface area contributed by atoms with E-state index in [1.807, 2.05) is 45.9 Å². The van der Waals surface area contributed by atoms with Crippen LogP contribution in [0, 0.1) is 24.3 Å². The number of nitrogens with zero attached hydrogens (tertiary/aromatic N) is 1. The van der Waals surface area contributed by atoms with Crippen LogP contribution in [0.2, 0.25) is 0 Å². The second-order valence-electron chi connectivity index (χ2n) is 7.97. The fraction of sp³-hybridized carbons (Fsp3) is 0.320.